The summed E-state index contributed by atoms with van der Waals surface area (Å²) in [5.41, 5.74) is 0.988. The molecule has 0 aromatic heterocycles. The lowest BCUT2D eigenvalue weighted by atomic mass is 10.1. The van der Waals surface area contributed by atoms with Gasteiger partial charge in [0.2, 0.25) is 0 Å². The van der Waals surface area contributed by atoms with Crippen molar-refractivity contribution in [2.75, 3.05) is 32.9 Å². The van der Waals surface area contributed by atoms with Gasteiger partial charge < -0.3 is 15.2 Å². The van der Waals surface area contributed by atoms with Crippen LogP contribution in [0.5, 0.6) is 0 Å². The Balaban J connectivity index is 1.42. The van der Waals surface area contributed by atoms with Crippen molar-refractivity contribution >= 4 is 23.9 Å². The van der Waals surface area contributed by atoms with Crippen molar-refractivity contribution < 1.29 is 29.0 Å². The van der Waals surface area contributed by atoms with Gasteiger partial charge in [0.15, 0.2) is 0 Å². The number of nitrogens with zero attached hydrogens (tertiary/aromatic N) is 2. The molecule has 9 heteroatoms. The summed E-state index contributed by atoms with van der Waals surface area (Å²) in [5, 5.41) is 11.9. The lowest BCUT2D eigenvalue weighted by Crippen LogP contribution is -2.42. The van der Waals surface area contributed by atoms with Crippen molar-refractivity contribution in [2.24, 2.45) is 0 Å². The number of carbonyl (C=O) groups excluding carboxylic acids is 4. The van der Waals surface area contributed by atoms with E-state index in [-0.39, 0.29) is 50.3 Å². The molecule has 0 radical (unpaired) electrons. The van der Waals surface area contributed by atoms with E-state index in [1.165, 1.54) is 12.1 Å². The van der Waals surface area contributed by atoms with E-state index in [1.54, 1.807) is 47.4 Å². The van der Waals surface area contributed by atoms with Gasteiger partial charge >= 0.3 is 12.1 Å². The fraction of sp³-hybridized carbons (Fsp3) is 0.238. The van der Waals surface area contributed by atoms with Gasteiger partial charge in [-0.2, -0.15) is 0 Å². The number of hydrogen-bond donors (Lipinski definition) is 2. The standard InChI is InChI=1S/C21H21N3O6/c25-14-23(11-10-22-21(29)30-20(28)15-6-2-1-3-7-15)12-13-24-18(26)16-8-4-5-9-17(16)19(24)27/h1-9,25H,10-14H2,(H,22,29). The van der Waals surface area contributed by atoms with E-state index in [4.69, 9.17) is 0 Å². The lowest BCUT2D eigenvalue weighted by Gasteiger charge is -2.22. The Labute approximate surface area is 172 Å². The van der Waals surface area contributed by atoms with E-state index >= 15 is 0 Å². The Morgan fingerprint density at radius 2 is 1.53 bits per heavy atom. The second-order valence-corrected chi connectivity index (χ2v) is 6.54. The minimum absolute atomic E-state index is 0.101. The first-order valence-corrected chi connectivity index (χ1v) is 9.34. The van der Waals surface area contributed by atoms with Crippen LogP contribution in [0.2, 0.25) is 0 Å². The summed E-state index contributed by atoms with van der Waals surface area (Å²) < 4.78 is 4.69. The van der Waals surface area contributed by atoms with Gasteiger partial charge in [0, 0.05) is 26.2 Å². The van der Waals surface area contributed by atoms with Gasteiger partial charge in [-0.15, -0.1) is 0 Å². The van der Waals surface area contributed by atoms with Gasteiger partial charge in [0.1, 0.15) is 0 Å². The molecule has 1 heterocycles. The molecule has 1 aliphatic heterocycles. The van der Waals surface area contributed by atoms with Crippen LogP contribution in [-0.4, -0.2) is 71.7 Å². The molecule has 1 aliphatic rings. The quantitative estimate of drug-likeness (QED) is 0.289. The summed E-state index contributed by atoms with van der Waals surface area (Å²) in [4.78, 5) is 50.9. The van der Waals surface area contributed by atoms with Crippen molar-refractivity contribution in [1.82, 2.24) is 15.1 Å². The number of aliphatic hydroxyl groups is 1. The molecule has 9 nitrogen and oxygen atoms in total. The molecule has 0 aliphatic carbocycles. The van der Waals surface area contributed by atoms with Gasteiger partial charge in [0.25, 0.3) is 11.8 Å². The first-order valence-electron chi connectivity index (χ1n) is 9.34. The normalized spacial score (nSPS) is 12.8. The summed E-state index contributed by atoms with van der Waals surface area (Å²) >= 11 is 0. The Bertz CT molecular complexity index is 912. The molecule has 0 fully saturated rings. The van der Waals surface area contributed by atoms with Crippen LogP contribution in [-0.2, 0) is 4.74 Å². The third kappa shape index (κ3) is 4.88. The fourth-order valence-corrected chi connectivity index (χ4v) is 3.01. The maximum absolute atomic E-state index is 12.3. The maximum atomic E-state index is 12.3. The Morgan fingerprint density at radius 1 is 0.933 bits per heavy atom. The van der Waals surface area contributed by atoms with E-state index < -0.39 is 12.1 Å². The van der Waals surface area contributed by atoms with Crippen LogP contribution in [0.25, 0.3) is 0 Å². The molecule has 2 aromatic carbocycles. The SMILES string of the molecule is O=C(NCCN(CO)CCN1C(=O)c2ccccc2C1=O)OC(=O)c1ccccc1. The number of rotatable bonds is 8. The van der Waals surface area contributed by atoms with Crippen molar-refractivity contribution in [3.05, 3.63) is 71.3 Å². The van der Waals surface area contributed by atoms with E-state index in [2.05, 4.69) is 10.1 Å². The summed E-state index contributed by atoms with van der Waals surface area (Å²) in [6, 6.07) is 14.7. The summed E-state index contributed by atoms with van der Waals surface area (Å²) in [6.07, 6.45) is -0.901. The minimum Gasteiger partial charge on any atom is -0.381 e. The van der Waals surface area contributed by atoms with Gasteiger partial charge in [0.05, 0.1) is 23.4 Å². The zero-order valence-corrected chi connectivity index (χ0v) is 16.1. The van der Waals surface area contributed by atoms with Crippen molar-refractivity contribution in [3.63, 3.8) is 0 Å². The maximum Gasteiger partial charge on any atom is 0.415 e. The number of benzene rings is 2. The number of alkyl carbamates (subject to hydrolysis) is 1. The van der Waals surface area contributed by atoms with Crippen molar-refractivity contribution in [2.45, 2.75) is 0 Å². The van der Waals surface area contributed by atoms with E-state index in [1.807, 2.05) is 0 Å². The molecule has 30 heavy (non-hydrogen) atoms. The van der Waals surface area contributed by atoms with E-state index in [0.29, 0.717) is 11.1 Å². The summed E-state index contributed by atoms with van der Waals surface area (Å²) in [6.45, 7) is 0.326. The molecule has 2 N–H and O–H groups in total. The number of esters is 1. The van der Waals surface area contributed by atoms with Crippen LogP contribution in [0, 0.1) is 0 Å². The minimum atomic E-state index is -0.901. The number of fused-ring (bicyclic) bond motifs is 1. The first-order chi connectivity index (χ1) is 14.5. The second kappa shape index (κ2) is 9.77. The molecule has 0 saturated carbocycles. The highest BCUT2D eigenvalue weighted by molar-refractivity contribution is 6.21. The third-order valence-corrected chi connectivity index (χ3v) is 4.61. The van der Waals surface area contributed by atoms with E-state index in [0.717, 1.165) is 4.90 Å². The summed E-state index contributed by atoms with van der Waals surface area (Å²) in [5.74, 6) is -1.50. The number of imide groups is 1. The Kier molecular flexibility index (Phi) is 6.89. The van der Waals surface area contributed by atoms with Crippen LogP contribution >= 0.6 is 0 Å². The predicted molar refractivity (Wildman–Crippen MR) is 106 cm³/mol. The molecular weight excluding hydrogens is 390 g/mol. The molecule has 0 atom stereocenters. The third-order valence-electron chi connectivity index (χ3n) is 4.61. The molecular formula is C21H21N3O6. The van der Waals surface area contributed by atoms with Crippen LogP contribution in [0.1, 0.15) is 31.1 Å². The average Bonchev–Trinajstić information content (AvgIpc) is 3.01. The average molecular weight is 411 g/mol. The van der Waals surface area contributed by atoms with Crippen molar-refractivity contribution in [3.8, 4) is 0 Å². The summed E-state index contributed by atoms with van der Waals surface area (Å²) in [7, 11) is 0. The highest BCUT2D eigenvalue weighted by Crippen LogP contribution is 2.21. The monoisotopic (exact) mass is 411 g/mol. The smallest absolute Gasteiger partial charge is 0.381 e. The highest BCUT2D eigenvalue weighted by atomic mass is 16.6. The van der Waals surface area contributed by atoms with Gasteiger partial charge in [-0.1, -0.05) is 30.3 Å². The van der Waals surface area contributed by atoms with Gasteiger partial charge in [-0.25, -0.2) is 9.59 Å². The number of amides is 3. The molecule has 3 rings (SSSR count). The molecule has 3 amide bonds. The van der Waals surface area contributed by atoms with Crippen LogP contribution in [0.4, 0.5) is 4.79 Å². The highest BCUT2D eigenvalue weighted by Gasteiger charge is 2.34. The Hall–Kier alpha value is -3.56. The van der Waals surface area contributed by atoms with Crippen LogP contribution < -0.4 is 5.32 Å². The van der Waals surface area contributed by atoms with Crippen LogP contribution in [0.3, 0.4) is 0 Å². The number of hydrogen-bond acceptors (Lipinski definition) is 7. The van der Waals surface area contributed by atoms with Crippen LogP contribution in [0.15, 0.2) is 54.6 Å². The van der Waals surface area contributed by atoms with Gasteiger partial charge in [-0.05, 0) is 24.3 Å². The number of nitrogens with one attached hydrogen (secondary N) is 1. The molecule has 0 unspecified atom stereocenters. The molecule has 0 spiro atoms. The van der Waals surface area contributed by atoms with E-state index in [9.17, 15) is 24.3 Å². The van der Waals surface area contributed by atoms with Crippen molar-refractivity contribution in [1.29, 1.82) is 0 Å². The first kappa shape index (κ1) is 21.2. The second-order valence-electron chi connectivity index (χ2n) is 6.54. The topological polar surface area (TPSA) is 116 Å². The molecule has 2 aromatic rings. The lowest BCUT2D eigenvalue weighted by molar-refractivity contribution is 0.0584. The number of ether oxygens (including phenoxy) is 1. The zero-order valence-electron chi connectivity index (χ0n) is 16.1. The number of carbonyl (C=O) groups is 4. The molecule has 156 valence electrons. The predicted octanol–water partition coefficient (Wildman–Crippen LogP) is 1.10. The molecule has 0 bridgehead atoms. The molecule has 0 saturated heterocycles. The van der Waals surface area contributed by atoms with Gasteiger partial charge in [-0.3, -0.25) is 19.4 Å². The zero-order chi connectivity index (χ0) is 21.5. The Morgan fingerprint density at radius 3 is 2.13 bits per heavy atom. The fourth-order valence-electron chi connectivity index (χ4n) is 3.01. The largest absolute Gasteiger partial charge is 0.415 e. The number of aliphatic hydroxyl groups excluding tert-OH is 1.